The van der Waals surface area contributed by atoms with Gasteiger partial charge < -0.3 is 10.2 Å². The van der Waals surface area contributed by atoms with Crippen LogP contribution in [0.3, 0.4) is 0 Å². The number of para-hydroxylation sites is 2. The molecule has 0 aliphatic carbocycles. The van der Waals surface area contributed by atoms with E-state index in [0.29, 0.717) is 0 Å². The predicted molar refractivity (Wildman–Crippen MR) is 93.4 cm³/mol. The van der Waals surface area contributed by atoms with E-state index in [1.807, 2.05) is 31.2 Å². The zero-order valence-electron chi connectivity index (χ0n) is 13.6. The highest BCUT2D eigenvalue weighted by Crippen LogP contribution is 2.28. The lowest BCUT2D eigenvalue weighted by molar-refractivity contribution is -0.383. The summed E-state index contributed by atoms with van der Waals surface area (Å²) in [5.74, 6) is -1.07. The van der Waals surface area contributed by atoms with Gasteiger partial charge in [-0.2, -0.15) is 0 Å². The molecule has 0 radical (unpaired) electrons. The number of hydrogen-bond donors (Lipinski definition) is 1. The Bertz CT molecular complexity index is 850. The Hall–Kier alpha value is -3.22. The highest BCUT2D eigenvalue weighted by atomic mass is 16.6. The first-order valence-corrected chi connectivity index (χ1v) is 7.87. The van der Waals surface area contributed by atoms with Crippen LogP contribution in [0.15, 0.2) is 48.5 Å². The number of nitrogens with one attached hydrogen (secondary N) is 1. The summed E-state index contributed by atoms with van der Waals surface area (Å²) in [4.78, 5) is 36.8. The van der Waals surface area contributed by atoms with E-state index in [1.54, 1.807) is 11.0 Å². The van der Waals surface area contributed by atoms with Gasteiger partial charge in [-0.05, 0) is 30.7 Å². The van der Waals surface area contributed by atoms with Gasteiger partial charge in [-0.25, -0.2) is 0 Å². The molecule has 0 saturated carbocycles. The molecule has 2 aromatic rings. The van der Waals surface area contributed by atoms with Crippen LogP contribution in [0.5, 0.6) is 0 Å². The van der Waals surface area contributed by atoms with Crippen LogP contribution in [0.25, 0.3) is 0 Å². The van der Waals surface area contributed by atoms with Crippen molar-refractivity contribution in [3.05, 3.63) is 64.2 Å². The van der Waals surface area contributed by atoms with Crippen molar-refractivity contribution in [2.75, 3.05) is 16.8 Å². The predicted octanol–water partition coefficient (Wildman–Crippen LogP) is 2.89. The first kappa shape index (κ1) is 16.6. The number of carbonyl (C=O) groups is 2. The maximum atomic E-state index is 12.5. The third kappa shape index (κ3) is 3.50. The van der Waals surface area contributed by atoms with E-state index in [1.165, 1.54) is 18.2 Å². The summed E-state index contributed by atoms with van der Waals surface area (Å²) < 4.78 is 0. The molecule has 0 aromatic heterocycles. The van der Waals surface area contributed by atoms with Crippen molar-refractivity contribution in [3.8, 4) is 0 Å². The Morgan fingerprint density at radius 3 is 2.72 bits per heavy atom. The van der Waals surface area contributed by atoms with E-state index in [4.69, 9.17) is 0 Å². The van der Waals surface area contributed by atoms with E-state index >= 15 is 0 Å². The molecule has 25 heavy (non-hydrogen) atoms. The van der Waals surface area contributed by atoms with Gasteiger partial charge in [0.25, 0.3) is 5.69 Å². The van der Waals surface area contributed by atoms with Crippen molar-refractivity contribution in [2.45, 2.75) is 13.3 Å². The van der Waals surface area contributed by atoms with Crippen LogP contribution in [-0.2, 0) is 9.59 Å². The molecule has 3 rings (SSSR count). The number of rotatable bonds is 4. The Kier molecular flexibility index (Phi) is 4.47. The van der Waals surface area contributed by atoms with Crippen molar-refractivity contribution >= 4 is 28.9 Å². The number of benzene rings is 2. The fourth-order valence-electron chi connectivity index (χ4n) is 2.90. The van der Waals surface area contributed by atoms with E-state index in [0.717, 1.165) is 11.3 Å². The fraction of sp³-hybridized carbons (Fsp3) is 0.222. The number of amides is 2. The van der Waals surface area contributed by atoms with Crippen LogP contribution in [0, 0.1) is 23.0 Å². The van der Waals surface area contributed by atoms with Crippen molar-refractivity contribution in [1.29, 1.82) is 0 Å². The molecule has 1 aliphatic heterocycles. The van der Waals surface area contributed by atoms with Crippen LogP contribution in [0.4, 0.5) is 17.1 Å². The molecule has 7 nitrogen and oxygen atoms in total. The summed E-state index contributed by atoms with van der Waals surface area (Å²) >= 11 is 0. The first-order valence-electron chi connectivity index (χ1n) is 7.87. The Balaban J connectivity index is 1.74. The second-order valence-corrected chi connectivity index (χ2v) is 6.01. The minimum atomic E-state index is -0.548. The smallest absolute Gasteiger partial charge is 0.292 e. The molecule has 1 saturated heterocycles. The van der Waals surface area contributed by atoms with Crippen molar-refractivity contribution in [3.63, 3.8) is 0 Å². The summed E-state index contributed by atoms with van der Waals surface area (Å²) in [5.41, 5.74) is 1.75. The highest BCUT2D eigenvalue weighted by Gasteiger charge is 2.35. The summed E-state index contributed by atoms with van der Waals surface area (Å²) in [6.45, 7) is 2.19. The second kappa shape index (κ2) is 6.72. The SMILES string of the molecule is Cc1cccc(N2CC(C(=O)Nc3ccccc3[N+](=O)[O-])CC2=O)c1. The summed E-state index contributed by atoms with van der Waals surface area (Å²) in [6, 6.07) is 13.5. The van der Waals surface area contributed by atoms with Crippen molar-refractivity contribution in [1.82, 2.24) is 0 Å². The first-order chi connectivity index (χ1) is 12.0. The third-order valence-electron chi connectivity index (χ3n) is 4.17. The van der Waals surface area contributed by atoms with Crippen LogP contribution >= 0.6 is 0 Å². The lowest BCUT2D eigenvalue weighted by Crippen LogP contribution is -2.28. The molecule has 0 spiro atoms. The normalized spacial score (nSPS) is 16.8. The number of hydrogen-bond acceptors (Lipinski definition) is 4. The summed E-state index contributed by atoms with van der Waals surface area (Å²) in [7, 11) is 0. The van der Waals surface area contributed by atoms with E-state index in [-0.39, 0.29) is 30.2 Å². The molecule has 1 fully saturated rings. The summed E-state index contributed by atoms with van der Waals surface area (Å²) in [5, 5.41) is 13.6. The molecular formula is C18H17N3O4. The Morgan fingerprint density at radius 2 is 2.00 bits per heavy atom. The molecule has 1 aliphatic rings. The third-order valence-corrected chi connectivity index (χ3v) is 4.17. The number of nitro benzene ring substituents is 1. The molecule has 0 bridgehead atoms. The second-order valence-electron chi connectivity index (χ2n) is 6.01. The average molecular weight is 339 g/mol. The minimum absolute atomic E-state index is 0.0837. The van der Waals surface area contributed by atoms with Crippen LogP contribution in [0.1, 0.15) is 12.0 Å². The zero-order chi connectivity index (χ0) is 18.0. The zero-order valence-corrected chi connectivity index (χ0v) is 13.6. The van der Waals surface area contributed by atoms with Gasteiger partial charge in [0.1, 0.15) is 5.69 Å². The number of nitro groups is 1. The van der Waals surface area contributed by atoms with Crippen LogP contribution in [0.2, 0.25) is 0 Å². The van der Waals surface area contributed by atoms with Crippen LogP contribution < -0.4 is 10.2 Å². The largest absolute Gasteiger partial charge is 0.320 e. The average Bonchev–Trinajstić information content (AvgIpc) is 2.97. The lowest BCUT2D eigenvalue weighted by Gasteiger charge is -2.17. The van der Waals surface area contributed by atoms with Crippen molar-refractivity contribution < 1.29 is 14.5 Å². The molecule has 2 aromatic carbocycles. The number of anilines is 2. The van der Waals surface area contributed by atoms with E-state index in [2.05, 4.69) is 5.32 Å². The maximum Gasteiger partial charge on any atom is 0.292 e. The topological polar surface area (TPSA) is 92.6 Å². The monoisotopic (exact) mass is 339 g/mol. The van der Waals surface area contributed by atoms with Crippen molar-refractivity contribution in [2.24, 2.45) is 5.92 Å². The van der Waals surface area contributed by atoms with Gasteiger partial charge in [0.05, 0.1) is 10.8 Å². The molecule has 1 N–H and O–H groups in total. The Morgan fingerprint density at radius 1 is 1.24 bits per heavy atom. The van der Waals surface area contributed by atoms with Crippen LogP contribution in [-0.4, -0.2) is 23.3 Å². The van der Waals surface area contributed by atoms with Gasteiger partial charge in [-0.15, -0.1) is 0 Å². The van der Waals surface area contributed by atoms with E-state index in [9.17, 15) is 19.7 Å². The van der Waals surface area contributed by atoms with Gasteiger partial charge in [-0.3, -0.25) is 19.7 Å². The number of nitrogens with zero attached hydrogens (tertiary/aromatic N) is 2. The maximum absolute atomic E-state index is 12.5. The highest BCUT2D eigenvalue weighted by molar-refractivity contribution is 6.04. The molecular weight excluding hydrogens is 322 g/mol. The molecule has 128 valence electrons. The molecule has 1 unspecified atom stereocenters. The molecule has 1 atom stereocenters. The van der Waals surface area contributed by atoms with E-state index < -0.39 is 16.7 Å². The summed E-state index contributed by atoms with van der Waals surface area (Å²) in [6.07, 6.45) is 0.0837. The molecule has 1 heterocycles. The number of aryl methyl sites for hydroxylation is 1. The fourth-order valence-corrected chi connectivity index (χ4v) is 2.90. The van der Waals surface area contributed by atoms with Gasteiger partial charge in [0, 0.05) is 24.7 Å². The van der Waals surface area contributed by atoms with Gasteiger partial charge >= 0.3 is 0 Å². The Labute approximate surface area is 144 Å². The quantitative estimate of drug-likeness (QED) is 0.685. The van der Waals surface area contributed by atoms with Gasteiger partial charge in [0.2, 0.25) is 11.8 Å². The minimum Gasteiger partial charge on any atom is -0.320 e. The van der Waals surface area contributed by atoms with Gasteiger partial charge in [-0.1, -0.05) is 24.3 Å². The molecule has 7 heteroatoms. The lowest BCUT2D eigenvalue weighted by atomic mass is 10.1. The molecule has 2 amide bonds. The van der Waals surface area contributed by atoms with Gasteiger partial charge in [0.15, 0.2) is 0 Å². The number of carbonyl (C=O) groups excluding carboxylic acids is 2. The standard InChI is InChI=1S/C18H17N3O4/c1-12-5-4-6-14(9-12)20-11-13(10-17(20)22)18(23)19-15-7-2-3-8-16(15)21(24)25/h2-9,13H,10-11H2,1H3,(H,19,23).